The summed E-state index contributed by atoms with van der Waals surface area (Å²) in [6.07, 6.45) is 0. The molecule has 1 heteroatoms. The fraction of sp³-hybridized carbons (Fsp3) is 0.700. The van der Waals surface area contributed by atoms with E-state index >= 15 is 0 Å². The summed E-state index contributed by atoms with van der Waals surface area (Å²) in [6, 6.07) is 0. The van der Waals surface area contributed by atoms with Crippen LogP contribution in [0.15, 0.2) is 17.3 Å². The first kappa shape index (κ1) is 8.51. The minimum Gasteiger partial charge on any atom is -0.262 e. The zero-order valence-corrected chi connectivity index (χ0v) is 7.89. The summed E-state index contributed by atoms with van der Waals surface area (Å²) in [6.45, 7) is 12.8. The SMILES string of the molecule is C=C1N=C(C(C)C)C(C)C1C. The average molecular weight is 151 g/mol. The van der Waals surface area contributed by atoms with Gasteiger partial charge in [0, 0.05) is 23.2 Å². The summed E-state index contributed by atoms with van der Waals surface area (Å²) >= 11 is 0. The molecule has 2 atom stereocenters. The summed E-state index contributed by atoms with van der Waals surface area (Å²) in [4.78, 5) is 4.47. The van der Waals surface area contributed by atoms with Crippen LogP contribution < -0.4 is 0 Å². The van der Waals surface area contributed by atoms with Crippen molar-refractivity contribution in [2.75, 3.05) is 0 Å². The normalized spacial score (nSPS) is 31.4. The van der Waals surface area contributed by atoms with Crippen molar-refractivity contribution in [2.24, 2.45) is 22.7 Å². The molecule has 0 spiro atoms. The highest BCUT2D eigenvalue weighted by molar-refractivity contribution is 5.91. The van der Waals surface area contributed by atoms with Crippen LogP contribution >= 0.6 is 0 Å². The van der Waals surface area contributed by atoms with Crippen molar-refractivity contribution in [1.82, 2.24) is 0 Å². The fourth-order valence-corrected chi connectivity index (χ4v) is 1.57. The van der Waals surface area contributed by atoms with E-state index in [-0.39, 0.29) is 0 Å². The third-order valence-corrected chi connectivity index (χ3v) is 2.61. The van der Waals surface area contributed by atoms with Crippen molar-refractivity contribution in [2.45, 2.75) is 27.7 Å². The van der Waals surface area contributed by atoms with Crippen LogP contribution in [0.4, 0.5) is 0 Å². The average Bonchev–Trinajstić information content (AvgIpc) is 2.17. The largest absolute Gasteiger partial charge is 0.262 e. The Morgan fingerprint density at radius 1 is 1.27 bits per heavy atom. The van der Waals surface area contributed by atoms with Crippen LogP contribution in [0.1, 0.15) is 27.7 Å². The number of nitrogens with zero attached hydrogens (tertiary/aromatic N) is 1. The molecule has 1 heterocycles. The number of hydrogen-bond acceptors (Lipinski definition) is 1. The van der Waals surface area contributed by atoms with Gasteiger partial charge < -0.3 is 0 Å². The maximum Gasteiger partial charge on any atom is 0.0366 e. The second kappa shape index (κ2) is 2.80. The van der Waals surface area contributed by atoms with Crippen molar-refractivity contribution >= 4 is 5.71 Å². The molecule has 1 aliphatic rings. The van der Waals surface area contributed by atoms with Gasteiger partial charge in [0.1, 0.15) is 0 Å². The molecule has 1 aliphatic heterocycles. The molecular formula is C10H17N. The van der Waals surface area contributed by atoms with Crippen LogP contribution in [0.5, 0.6) is 0 Å². The minimum atomic E-state index is 0.549. The number of aliphatic imine (C=N–C) groups is 1. The first-order valence-electron chi connectivity index (χ1n) is 4.31. The lowest BCUT2D eigenvalue weighted by molar-refractivity contribution is 0.572. The van der Waals surface area contributed by atoms with E-state index in [1.807, 2.05) is 0 Å². The lowest BCUT2D eigenvalue weighted by atomic mass is 9.88. The molecule has 2 unspecified atom stereocenters. The second-order valence-electron chi connectivity index (χ2n) is 3.76. The number of allylic oxidation sites excluding steroid dienone is 1. The molecule has 0 amide bonds. The zero-order valence-electron chi connectivity index (χ0n) is 7.89. The van der Waals surface area contributed by atoms with Crippen molar-refractivity contribution in [3.63, 3.8) is 0 Å². The van der Waals surface area contributed by atoms with E-state index in [2.05, 4.69) is 39.3 Å². The predicted octanol–water partition coefficient (Wildman–Crippen LogP) is 2.88. The molecule has 0 radical (unpaired) electrons. The lowest BCUT2D eigenvalue weighted by Crippen LogP contribution is -2.17. The highest BCUT2D eigenvalue weighted by Gasteiger charge is 2.28. The predicted molar refractivity (Wildman–Crippen MR) is 49.7 cm³/mol. The Bertz CT molecular complexity index is 201. The highest BCUT2D eigenvalue weighted by Crippen LogP contribution is 2.31. The number of rotatable bonds is 1. The Labute approximate surface area is 69.2 Å². The maximum absolute atomic E-state index is 4.47. The first-order chi connectivity index (χ1) is 5.04. The standard InChI is InChI=1S/C10H17N/c1-6(2)10-8(4)7(3)9(5)11-10/h6-8H,5H2,1-4H3. The van der Waals surface area contributed by atoms with Crippen molar-refractivity contribution in [3.05, 3.63) is 12.3 Å². The number of hydrogen-bond donors (Lipinski definition) is 0. The van der Waals surface area contributed by atoms with E-state index in [4.69, 9.17) is 0 Å². The molecule has 0 saturated carbocycles. The maximum atomic E-state index is 4.47. The van der Waals surface area contributed by atoms with Crippen LogP contribution in [-0.2, 0) is 0 Å². The van der Waals surface area contributed by atoms with Crippen molar-refractivity contribution < 1.29 is 0 Å². The lowest BCUT2D eigenvalue weighted by Gasteiger charge is -2.13. The molecule has 0 aromatic rings. The van der Waals surface area contributed by atoms with Gasteiger partial charge in [-0.05, 0) is 5.92 Å². The van der Waals surface area contributed by atoms with Gasteiger partial charge in [0.25, 0.3) is 0 Å². The first-order valence-corrected chi connectivity index (χ1v) is 4.31. The van der Waals surface area contributed by atoms with Gasteiger partial charge in [0.05, 0.1) is 0 Å². The molecule has 0 N–H and O–H groups in total. The fourth-order valence-electron chi connectivity index (χ4n) is 1.57. The Morgan fingerprint density at radius 3 is 2.00 bits per heavy atom. The molecule has 1 nitrogen and oxygen atoms in total. The monoisotopic (exact) mass is 151 g/mol. The summed E-state index contributed by atoms with van der Waals surface area (Å²) in [5.74, 6) is 1.72. The molecule has 0 saturated heterocycles. The van der Waals surface area contributed by atoms with E-state index in [0.717, 1.165) is 5.70 Å². The van der Waals surface area contributed by atoms with Gasteiger partial charge in [-0.25, -0.2) is 0 Å². The molecule has 0 fully saturated rings. The molecule has 0 aromatic carbocycles. The second-order valence-corrected chi connectivity index (χ2v) is 3.76. The van der Waals surface area contributed by atoms with E-state index in [1.165, 1.54) is 5.71 Å². The van der Waals surface area contributed by atoms with E-state index < -0.39 is 0 Å². The van der Waals surface area contributed by atoms with Crippen LogP contribution in [0.2, 0.25) is 0 Å². The van der Waals surface area contributed by atoms with Gasteiger partial charge in [-0.3, -0.25) is 4.99 Å². The summed E-state index contributed by atoms with van der Waals surface area (Å²) in [5.41, 5.74) is 2.38. The van der Waals surface area contributed by atoms with Gasteiger partial charge in [0.15, 0.2) is 0 Å². The van der Waals surface area contributed by atoms with E-state index in [9.17, 15) is 0 Å². The van der Waals surface area contributed by atoms with Gasteiger partial charge in [-0.2, -0.15) is 0 Å². The molecule has 0 aromatic heterocycles. The van der Waals surface area contributed by atoms with Crippen LogP contribution in [0.25, 0.3) is 0 Å². The Hall–Kier alpha value is -0.590. The highest BCUT2D eigenvalue weighted by atomic mass is 14.8. The summed E-state index contributed by atoms with van der Waals surface area (Å²) in [7, 11) is 0. The third-order valence-electron chi connectivity index (χ3n) is 2.61. The molecule has 0 bridgehead atoms. The van der Waals surface area contributed by atoms with Gasteiger partial charge in [0.2, 0.25) is 0 Å². The van der Waals surface area contributed by atoms with Crippen molar-refractivity contribution in [1.29, 1.82) is 0 Å². The quantitative estimate of drug-likeness (QED) is 0.546. The summed E-state index contributed by atoms with van der Waals surface area (Å²) in [5, 5.41) is 0. The molecule has 0 aliphatic carbocycles. The van der Waals surface area contributed by atoms with Gasteiger partial charge in [-0.15, -0.1) is 0 Å². The smallest absolute Gasteiger partial charge is 0.0366 e. The van der Waals surface area contributed by atoms with Gasteiger partial charge in [-0.1, -0.05) is 34.3 Å². The molecular weight excluding hydrogens is 134 g/mol. The van der Waals surface area contributed by atoms with Crippen molar-refractivity contribution in [3.8, 4) is 0 Å². The Morgan fingerprint density at radius 2 is 1.82 bits per heavy atom. The van der Waals surface area contributed by atoms with Gasteiger partial charge >= 0.3 is 0 Å². The molecule has 11 heavy (non-hydrogen) atoms. The Kier molecular flexibility index (Phi) is 2.17. The Balaban J connectivity index is 2.83. The minimum absolute atomic E-state index is 0.549. The third kappa shape index (κ3) is 1.37. The summed E-state index contributed by atoms with van der Waals surface area (Å²) < 4.78 is 0. The van der Waals surface area contributed by atoms with Crippen LogP contribution in [0.3, 0.4) is 0 Å². The van der Waals surface area contributed by atoms with Crippen LogP contribution in [-0.4, -0.2) is 5.71 Å². The zero-order chi connectivity index (χ0) is 8.59. The van der Waals surface area contributed by atoms with Crippen LogP contribution in [0, 0.1) is 17.8 Å². The molecule has 62 valence electrons. The molecule has 1 rings (SSSR count). The topological polar surface area (TPSA) is 12.4 Å². The van der Waals surface area contributed by atoms with E-state index in [1.54, 1.807) is 0 Å². The van der Waals surface area contributed by atoms with E-state index in [0.29, 0.717) is 17.8 Å².